The molecule has 8 heteroatoms. The lowest BCUT2D eigenvalue weighted by Crippen LogP contribution is -2.42. The highest BCUT2D eigenvalue weighted by Gasteiger charge is 2.16. The standard InChI is InChI=1S/C22H31N5O3/c1-17(30-20-9-5-4-8-19(20)28-3)15-25-22(23-2)26-16-18-7-6-10-24-21(18)27-11-13-29-14-12-27/h4-10,17H,11-16H2,1-3H3,(H2,23,25,26). The summed E-state index contributed by atoms with van der Waals surface area (Å²) in [7, 11) is 3.40. The van der Waals surface area contributed by atoms with Gasteiger partial charge in [0.25, 0.3) is 0 Å². The third-order valence-corrected chi connectivity index (χ3v) is 4.80. The Labute approximate surface area is 178 Å². The van der Waals surface area contributed by atoms with E-state index in [2.05, 4.69) is 31.6 Å². The first-order chi connectivity index (χ1) is 14.7. The molecule has 2 heterocycles. The van der Waals surface area contributed by atoms with E-state index < -0.39 is 0 Å². The minimum Gasteiger partial charge on any atom is -0.493 e. The zero-order valence-electron chi connectivity index (χ0n) is 17.9. The van der Waals surface area contributed by atoms with Gasteiger partial charge < -0.3 is 29.7 Å². The fraction of sp³-hybridized carbons (Fsp3) is 0.455. The molecule has 2 aromatic rings. The zero-order valence-corrected chi connectivity index (χ0v) is 17.9. The second-order valence-corrected chi connectivity index (χ2v) is 6.97. The fourth-order valence-electron chi connectivity index (χ4n) is 3.24. The quantitative estimate of drug-likeness (QED) is 0.506. The van der Waals surface area contributed by atoms with Crippen molar-refractivity contribution < 1.29 is 14.2 Å². The molecule has 1 fully saturated rings. The lowest BCUT2D eigenvalue weighted by atomic mass is 10.2. The van der Waals surface area contributed by atoms with Crippen LogP contribution in [0.3, 0.4) is 0 Å². The smallest absolute Gasteiger partial charge is 0.191 e. The highest BCUT2D eigenvalue weighted by atomic mass is 16.5. The molecule has 0 radical (unpaired) electrons. The minimum absolute atomic E-state index is 0.0675. The highest BCUT2D eigenvalue weighted by molar-refractivity contribution is 5.79. The van der Waals surface area contributed by atoms with Crippen LogP contribution in [0.25, 0.3) is 0 Å². The minimum atomic E-state index is -0.0675. The Hall–Kier alpha value is -3.00. The van der Waals surface area contributed by atoms with Crippen LogP contribution >= 0.6 is 0 Å². The molecule has 1 aromatic carbocycles. The molecular formula is C22H31N5O3. The number of aliphatic imine (C=N–C) groups is 1. The van der Waals surface area contributed by atoms with Crippen molar-refractivity contribution >= 4 is 11.8 Å². The van der Waals surface area contributed by atoms with Crippen molar-refractivity contribution in [2.24, 2.45) is 4.99 Å². The second-order valence-electron chi connectivity index (χ2n) is 6.97. The summed E-state index contributed by atoms with van der Waals surface area (Å²) in [6.45, 7) is 6.41. The molecule has 0 aliphatic carbocycles. The molecule has 0 spiro atoms. The molecule has 0 amide bonds. The third-order valence-electron chi connectivity index (χ3n) is 4.80. The van der Waals surface area contributed by atoms with Gasteiger partial charge in [0.1, 0.15) is 11.9 Å². The summed E-state index contributed by atoms with van der Waals surface area (Å²) >= 11 is 0. The Morgan fingerprint density at radius 2 is 1.93 bits per heavy atom. The Bertz CT molecular complexity index is 824. The number of nitrogens with zero attached hydrogens (tertiary/aromatic N) is 3. The summed E-state index contributed by atoms with van der Waals surface area (Å²) in [5.41, 5.74) is 1.13. The van der Waals surface area contributed by atoms with Crippen LogP contribution < -0.4 is 25.0 Å². The van der Waals surface area contributed by atoms with Crippen LogP contribution in [0.1, 0.15) is 12.5 Å². The number of benzene rings is 1. The number of hydrogen-bond donors (Lipinski definition) is 2. The Kier molecular flexibility index (Phi) is 8.14. The largest absolute Gasteiger partial charge is 0.493 e. The van der Waals surface area contributed by atoms with Crippen LogP contribution in [0.15, 0.2) is 47.6 Å². The predicted octanol–water partition coefficient (Wildman–Crippen LogP) is 2.06. The summed E-state index contributed by atoms with van der Waals surface area (Å²) in [6, 6.07) is 11.7. The predicted molar refractivity (Wildman–Crippen MR) is 119 cm³/mol. The van der Waals surface area contributed by atoms with E-state index in [0.29, 0.717) is 19.0 Å². The number of hydrogen-bond acceptors (Lipinski definition) is 6. The van der Waals surface area contributed by atoms with Gasteiger partial charge in [-0.1, -0.05) is 18.2 Å². The van der Waals surface area contributed by atoms with Crippen molar-refractivity contribution in [3.05, 3.63) is 48.2 Å². The number of anilines is 1. The lowest BCUT2D eigenvalue weighted by molar-refractivity contribution is 0.122. The van der Waals surface area contributed by atoms with E-state index in [1.54, 1.807) is 14.2 Å². The number of methoxy groups -OCH3 is 1. The molecule has 0 saturated carbocycles. The Morgan fingerprint density at radius 3 is 2.67 bits per heavy atom. The van der Waals surface area contributed by atoms with Crippen molar-refractivity contribution in [1.82, 2.24) is 15.6 Å². The Balaban J connectivity index is 1.52. The SMILES string of the molecule is CN=C(NCc1cccnc1N1CCOCC1)NCC(C)Oc1ccccc1OC. The number of pyridine rings is 1. The van der Waals surface area contributed by atoms with E-state index in [0.717, 1.165) is 49.2 Å². The van der Waals surface area contributed by atoms with Gasteiger partial charge in [0.2, 0.25) is 0 Å². The Morgan fingerprint density at radius 1 is 1.17 bits per heavy atom. The average Bonchev–Trinajstić information content (AvgIpc) is 2.80. The number of nitrogens with one attached hydrogen (secondary N) is 2. The van der Waals surface area contributed by atoms with Gasteiger partial charge in [-0.25, -0.2) is 4.98 Å². The summed E-state index contributed by atoms with van der Waals surface area (Å²) < 4.78 is 16.8. The van der Waals surface area contributed by atoms with Crippen LogP contribution in [-0.2, 0) is 11.3 Å². The van der Waals surface area contributed by atoms with Crippen molar-refractivity contribution in [3.8, 4) is 11.5 Å². The number of morpholine rings is 1. The lowest BCUT2D eigenvalue weighted by Gasteiger charge is -2.29. The molecule has 30 heavy (non-hydrogen) atoms. The molecule has 1 aliphatic heterocycles. The molecule has 162 valence electrons. The summed E-state index contributed by atoms with van der Waals surface area (Å²) in [6.07, 6.45) is 1.76. The summed E-state index contributed by atoms with van der Waals surface area (Å²) in [5.74, 6) is 3.15. The van der Waals surface area contributed by atoms with Gasteiger partial charge in [0.05, 0.1) is 26.9 Å². The van der Waals surface area contributed by atoms with E-state index in [4.69, 9.17) is 14.2 Å². The van der Waals surface area contributed by atoms with E-state index >= 15 is 0 Å². The van der Waals surface area contributed by atoms with Gasteiger partial charge >= 0.3 is 0 Å². The van der Waals surface area contributed by atoms with Crippen LogP contribution in [0, 0.1) is 0 Å². The maximum absolute atomic E-state index is 5.99. The topological polar surface area (TPSA) is 80.2 Å². The van der Waals surface area contributed by atoms with Crippen molar-refractivity contribution in [2.45, 2.75) is 19.6 Å². The van der Waals surface area contributed by atoms with E-state index in [1.165, 1.54) is 0 Å². The molecule has 3 rings (SSSR count). The van der Waals surface area contributed by atoms with Crippen molar-refractivity contribution in [2.75, 3.05) is 51.9 Å². The molecule has 8 nitrogen and oxygen atoms in total. The summed E-state index contributed by atoms with van der Waals surface area (Å²) in [5, 5.41) is 6.68. The van der Waals surface area contributed by atoms with Gasteiger partial charge in [-0.2, -0.15) is 0 Å². The summed E-state index contributed by atoms with van der Waals surface area (Å²) in [4.78, 5) is 11.2. The molecule has 0 bridgehead atoms. The van der Waals surface area contributed by atoms with E-state index in [-0.39, 0.29) is 6.10 Å². The third kappa shape index (κ3) is 6.00. The molecule has 1 aliphatic rings. The number of aromatic nitrogens is 1. The molecular weight excluding hydrogens is 382 g/mol. The maximum Gasteiger partial charge on any atom is 0.191 e. The molecule has 1 atom stereocenters. The zero-order chi connectivity index (χ0) is 21.2. The molecule has 1 unspecified atom stereocenters. The van der Waals surface area contributed by atoms with Gasteiger partial charge in [0.15, 0.2) is 17.5 Å². The monoisotopic (exact) mass is 413 g/mol. The van der Waals surface area contributed by atoms with Gasteiger partial charge in [-0.05, 0) is 25.1 Å². The van der Waals surface area contributed by atoms with Crippen LogP contribution in [0.2, 0.25) is 0 Å². The van der Waals surface area contributed by atoms with Gasteiger partial charge in [0, 0.05) is 38.4 Å². The van der Waals surface area contributed by atoms with Gasteiger partial charge in [-0.15, -0.1) is 0 Å². The van der Waals surface area contributed by atoms with Crippen LogP contribution in [0.4, 0.5) is 5.82 Å². The first-order valence-corrected chi connectivity index (χ1v) is 10.2. The molecule has 1 saturated heterocycles. The number of rotatable bonds is 8. The highest BCUT2D eigenvalue weighted by Crippen LogP contribution is 2.26. The average molecular weight is 414 g/mol. The normalized spacial score (nSPS) is 15.4. The first-order valence-electron chi connectivity index (χ1n) is 10.2. The number of guanidine groups is 1. The van der Waals surface area contributed by atoms with Crippen LogP contribution in [0.5, 0.6) is 11.5 Å². The van der Waals surface area contributed by atoms with E-state index in [1.807, 2.05) is 43.5 Å². The number of ether oxygens (including phenoxy) is 3. The molecule has 1 aromatic heterocycles. The van der Waals surface area contributed by atoms with Crippen LogP contribution in [-0.4, -0.2) is 64.1 Å². The van der Waals surface area contributed by atoms with Gasteiger partial charge in [-0.3, -0.25) is 4.99 Å². The van der Waals surface area contributed by atoms with Crippen molar-refractivity contribution in [1.29, 1.82) is 0 Å². The second kappa shape index (κ2) is 11.3. The van der Waals surface area contributed by atoms with E-state index in [9.17, 15) is 0 Å². The first kappa shape index (κ1) is 21.7. The maximum atomic E-state index is 5.99. The van der Waals surface area contributed by atoms with Crippen molar-refractivity contribution in [3.63, 3.8) is 0 Å². The number of para-hydroxylation sites is 2. The fourth-order valence-corrected chi connectivity index (χ4v) is 3.24. The molecule has 2 N–H and O–H groups in total.